The lowest BCUT2D eigenvalue weighted by Gasteiger charge is -2.23. The van der Waals surface area contributed by atoms with Gasteiger partial charge in [0.25, 0.3) is 0 Å². The number of nitrogens with one attached hydrogen (secondary N) is 2. The number of hydrogen-bond donors (Lipinski definition) is 2. The molecule has 0 saturated carbocycles. The molecule has 0 aliphatic carbocycles. The third-order valence-electron chi connectivity index (χ3n) is 5.29. The van der Waals surface area contributed by atoms with Gasteiger partial charge in [0.1, 0.15) is 17.2 Å². The molecule has 2 aliphatic heterocycles. The van der Waals surface area contributed by atoms with Crippen LogP contribution in [0.15, 0.2) is 12.3 Å². The van der Waals surface area contributed by atoms with Gasteiger partial charge >= 0.3 is 0 Å². The van der Waals surface area contributed by atoms with Crippen molar-refractivity contribution in [3.63, 3.8) is 0 Å². The zero-order valence-corrected chi connectivity index (χ0v) is 17.9. The summed E-state index contributed by atoms with van der Waals surface area (Å²) in [6.45, 7) is 8.85. The lowest BCUT2D eigenvalue weighted by atomic mass is 9.95. The first-order chi connectivity index (χ1) is 13.7. The number of hydrogen-bond acceptors (Lipinski definition) is 7. The highest BCUT2D eigenvalue weighted by Crippen LogP contribution is 2.43. The molecule has 4 rings (SSSR count). The fourth-order valence-corrected chi connectivity index (χ4v) is 5.11. The molecular formula is C20H26FN5O2S. The van der Waals surface area contributed by atoms with Gasteiger partial charge in [-0.25, -0.2) is 4.98 Å². The first-order valence-corrected chi connectivity index (χ1v) is 10.7. The molecule has 9 heteroatoms. The molecule has 2 N–H and O–H groups in total. The number of amides is 1. The van der Waals surface area contributed by atoms with E-state index in [4.69, 9.17) is 4.74 Å². The quantitative estimate of drug-likeness (QED) is 0.773. The minimum absolute atomic E-state index is 0.247. The van der Waals surface area contributed by atoms with Gasteiger partial charge in [0, 0.05) is 50.5 Å². The van der Waals surface area contributed by atoms with Gasteiger partial charge in [0.15, 0.2) is 5.13 Å². The van der Waals surface area contributed by atoms with Crippen LogP contribution in [0.4, 0.5) is 15.3 Å². The number of thiazole rings is 1. The van der Waals surface area contributed by atoms with Crippen LogP contribution in [-0.4, -0.2) is 45.0 Å². The normalized spacial score (nSPS) is 23.4. The molecule has 0 aromatic carbocycles. The maximum absolute atomic E-state index is 14.2. The van der Waals surface area contributed by atoms with Crippen LogP contribution in [0.5, 0.6) is 5.75 Å². The van der Waals surface area contributed by atoms with Crippen molar-refractivity contribution in [2.45, 2.75) is 64.8 Å². The Balaban J connectivity index is 1.46. The fourth-order valence-electron chi connectivity index (χ4n) is 4.20. The number of carbonyl (C=O) groups is 1. The van der Waals surface area contributed by atoms with E-state index in [2.05, 4.69) is 52.3 Å². The van der Waals surface area contributed by atoms with Crippen molar-refractivity contribution in [3.05, 3.63) is 28.7 Å². The molecule has 1 spiro atoms. The van der Waals surface area contributed by atoms with Crippen LogP contribution >= 0.6 is 11.3 Å². The Kier molecular flexibility index (Phi) is 5.20. The summed E-state index contributed by atoms with van der Waals surface area (Å²) >= 11 is 1.18. The third kappa shape index (κ3) is 4.20. The summed E-state index contributed by atoms with van der Waals surface area (Å²) < 4.78 is 20.6. The van der Waals surface area contributed by atoms with Crippen LogP contribution in [-0.2, 0) is 17.8 Å². The van der Waals surface area contributed by atoms with Crippen molar-refractivity contribution in [3.8, 4) is 5.75 Å². The molecule has 2 aromatic rings. The van der Waals surface area contributed by atoms with Crippen molar-refractivity contribution in [1.29, 1.82) is 0 Å². The first-order valence-electron chi connectivity index (χ1n) is 9.84. The van der Waals surface area contributed by atoms with Crippen molar-refractivity contribution in [2.75, 3.05) is 17.2 Å². The third-order valence-corrected chi connectivity index (χ3v) is 6.22. The standard InChI is InChI=1S/C20H26FN5O2S/c1-11(2)23-17-5-14-7-20(28-15(14)8-22-17)6-12(3)26(10-20)9-16-18(21)25-19(29-16)24-13(4)27/h5,8,11-12H,6-7,9-10H2,1-4H3,(H,22,23)(H,24,25,27)/t12-,20-/m0/s1. The second-order valence-electron chi connectivity index (χ2n) is 8.31. The van der Waals surface area contributed by atoms with Crippen molar-refractivity contribution in [2.24, 2.45) is 0 Å². The highest BCUT2D eigenvalue weighted by molar-refractivity contribution is 7.15. The van der Waals surface area contributed by atoms with E-state index in [9.17, 15) is 9.18 Å². The van der Waals surface area contributed by atoms with Gasteiger partial charge in [-0.3, -0.25) is 9.69 Å². The Labute approximate surface area is 173 Å². The van der Waals surface area contributed by atoms with Crippen LogP contribution in [0, 0.1) is 5.95 Å². The van der Waals surface area contributed by atoms with Gasteiger partial charge in [-0.1, -0.05) is 11.3 Å². The van der Waals surface area contributed by atoms with Gasteiger partial charge in [-0.15, -0.1) is 0 Å². The number of fused-ring (bicyclic) bond motifs is 1. The maximum Gasteiger partial charge on any atom is 0.230 e. The van der Waals surface area contributed by atoms with E-state index in [1.54, 1.807) is 6.20 Å². The van der Waals surface area contributed by atoms with E-state index in [0.29, 0.717) is 29.1 Å². The van der Waals surface area contributed by atoms with Gasteiger partial charge in [0.2, 0.25) is 11.9 Å². The summed E-state index contributed by atoms with van der Waals surface area (Å²) in [4.78, 5) is 22.2. The molecule has 29 heavy (non-hydrogen) atoms. The van der Waals surface area contributed by atoms with E-state index >= 15 is 0 Å². The minimum Gasteiger partial charge on any atom is -0.484 e. The molecule has 0 unspecified atom stereocenters. The van der Waals surface area contributed by atoms with Crippen molar-refractivity contribution in [1.82, 2.24) is 14.9 Å². The number of ether oxygens (including phenoxy) is 1. The monoisotopic (exact) mass is 419 g/mol. The predicted octanol–water partition coefficient (Wildman–Crippen LogP) is 3.42. The number of nitrogens with zero attached hydrogens (tertiary/aromatic N) is 3. The van der Waals surface area contributed by atoms with Gasteiger partial charge in [-0.05, 0) is 26.8 Å². The molecule has 1 amide bonds. The Morgan fingerprint density at radius 2 is 2.31 bits per heavy atom. The highest BCUT2D eigenvalue weighted by atomic mass is 32.1. The van der Waals surface area contributed by atoms with Crippen LogP contribution in [0.2, 0.25) is 0 Å². The summed E-state index contributed by atoms with van der Waals surface area (Å²) in [7, 11) is 0. The fraction of sp³-hybridized carbons (Fsp3) is 0.550. The Morgan fingerprint density at radius 3 is 3.03 bits per heavy atom. The molecule has 1 saturated heterocycles. The SMILES string of the molecule is CC(=O)Nc1nc(F)c(CN2C[C@@]3(Cc4cc(NC(C)C)ncc4O3)C[C@@H]2C)s1. The molecule has 0 bridgehead atoms. The number of pyridine rings is 1. The summed E-state index contributed by atoms with van der Waals surface area (Å²) in [6, 6.07) is 2.63. The number of carbonyl (C=O) groups excluding carboxylic acids is 1. The number of anilines is 2. The van der Waals surface area contributed by atoms with Gasteiger partial charge in [-0.2, -0.15) is 9.37 Å². The van der Waals surface area contributed by atoms with Crippen molar-refractivity contribution < 1.29 is 13.9 Å². The Morgan fingerprint density at radius 1 is 1.52 bits per heavy atom. The Hall–Kier alpha value is -2.26. The summed E-state index contributed by atoms with van der Waals surface area (Å²) in [5, 5.41) is 6.18. The zero-order valence-electron chi connectivity index (χ0n) is 17.1. The van der Waals surface area contributed by atoms with Crippen molar-refractivity contribution >= 4 is 28.2 Å². The van der Waals surface area contributed by atoms with E-state index in [1.807, 2.05) is 0 Å². The molecule has 2 aromatic heterocycles. The second-order valence-corrected chi connectivity index (χ2v) is 9.39. The maximum atomic E-state index is 14.2. The van der Waals surface area contributed by atoms with Crippen LogP contribution in [0.25, 0.3) is 0 Å². The van der Waals surface area contributed by atoms with Crippen LogP contribution in [0.1, 0.15) is 44.6 Å². The average Bonchev–Trinajstić information content (AvgIpc) is 3.22. The largest absolute Gasteiger partial charge is 0.484 e. The number of likely N-dealkylation sites (tertiary alicyclic amines) is 1. The summed E-state index contributed by atoms with van der Waals surface area (Å²) in [5.41, 5.74) is 0.857. The molecule has 0 radical (unpaired) electrons. The average molecular weight is 420 g/mol. The minimum atomic E-state index is -0.517. The number of aromatic nitrogens is 2. The second kappa shape index (κ2) is 7.53. The van der Waals surface area contributed by atoms with Gasteiger partial charge in [0.05, 0.1) is 11.1 Å². The van der Waals surface area contributed by atoms with E-state index < -0.39 is 5.95 Å². The first kappa shape index (κ1) is 20.0. The molecule has 1 fully saturated rings. The van der Waals surface area contributed by atoms with Crippen LogP contribution < -0.4 is 15.4 Å². The Bertz CT molecular complexity index is 934. The zero-order chi connectivity index (χ0) is 20.8. The molecule has 4 heterocycles. The molecule has 7 nitrogen and oxygen atoms in total. The number of halogens is 1. The smallest absolute Gasteiger partial charge is 0.230 e. The topological polar surface area (TPSA) is 79.4 Å². The number of rotatable bonds is 5. The molecule has 2 aliphatic rings. The summed E-state index contributed by atoms with van der Waals surface area (Å²) in [5.74, 6) is 0.928. The van der Waals surface area contributed by atoms with E-state index in [0.717, 1.165) is 30.0 Å². The molecular weight excluding hydrogens is 393 g/mol. The highest BCUT2D eigenvalue weighted by Gasteiger charge is 2.48. The lowest BCUT2D eigenvalue weighted by molar-refractivity contribution is -0.114. The van der Waals surface area contributed by atoms with Gasteiger partial charge < -0.3 is 15.4 Å². The molecule has 156 valence electrons. The summed E-state index contributed by atoms with van der Waals surface area (Å²) in [6.07, 6.45) is 3.49. The predicted molar refractivity (Wildman–Crippen MR) is 111 cm³/mol. The lowest BCUT2D eigenvalue weighted by Crippen LogP contribution is -2.37. The van der Waals surface area contributed by atoms with E-state index in [-0.39, 0.29) is 17.6 Å². The van der Waals surface area contributed by atoms with E-state index in [1.165, 1.54) is 18.3 Å². The van der Waals surface area contributed by atoms with Crippen LogP contribution in [0.3, 0.4) is 0 Å². The molecule has 2 atom stereocenters.